The van der Waals surface area contributed by atoms with E-state index < -0.39 is 51.1 Å². The van der Waals surface area contributed by atoms with E-state index in [4.69, 9.17) is 14.6 Å². The fourth-order valence-electron chi connectivity index (χ4n) is 1.88. The summed E-state index contributed by atoms with van der Waals surface area (Å²) < 4.78 is 42.6. The fourth-order valence-corrected chi connectivity index (χ4v) is 2.90. The van der Waals surface area contributed by atoms with Crippen molar-refractivity contribution < 1.29 is 24.2 Å². The lowest BCUT2D eigenvalue weighted by Gasteiger charge is -2.37. The van der Waals surface area contributed by atoms with Crippen LogP contribution in [0.1, 0.15) is 60.3 Å². The molecule has 1 heterocycles. The van der Waals surface area contributed by atoms with Gasteiger partial charge in [0.2, 0.25) is 5.91 Å². The average Bonchev–Trinajstić information content (AvgIpc) is 2.63. The Bertz CT molecular complexity index is 581. The van der Waals surface area contributed by atoms with E-state index in [-0.39, 0.29) is 11.6 Å². The molecule has 0 spiro atoms. The predicted molar refractivity (Wildman–Crippen MR) is 93.8 cm³/mol. The third-order valence-corrected chi connectivity index (χ3v) is 8.76. The molecule has 0 aliphatic carbocycles. The molecule has 5 nitrogen and oxygen atoms in total. The summed E-state index contributed by atoms with van der Waals surface area (Å²) in [5.74, 6) is -2.47. The fraction of sp³-hybridized carbons (Fsp3) is 0.882. The van der Waals surface area contributed by atoms with Gasteiger partial charge < -0.3 is 9.16 Å². The van der Waals surface area contributed by atoms with Crippen molar-refractivity contribution in [2.75, 3.05) is 6.61 Å². The molecule has 1 aliphatic heterocycles. The summed E-state index contributed by atoms with van der Waals surface area (Å²) in [4.78, 5) is 26.1. The van der Waals surface area contributed by atoms with Crippen molar-refractivity contribution in [3.63, 3.8) is 0 Å². The Kier molecular flexibility index (Phi) is 4.12. The zero-order chi connectivity index (χ0) is 21.6. The van der Waals surface area contributed by atoms with E-state index in [1.54, 1.807) is 20.8 Å². The summed E-state index contributed by atoms with van der Waals surface area (Å²) in [5.41, 5.74) is -0.849. The molecular weight excluding hydrogens is 310 g/mol. The predicted octanol–water partition coefficient (Wildman–Crippen LogP) is 4.18. The van der Waals surface area contributed by atoms with Crippen LogP contribution in [0.15, 0.2) is 0 Å². The molecule has 1 saturated heterocycles. The standard InChI is InChI=1S/C17H33NO4Si/c1-12-10-13(11-21-23(8,9)17(5,6)7)18(14(12)19)15(20)22-16(2,3)4/h12-13H,10-11H2,1-9H3/t12-,13-/m0/s1/i1+0D3,10D/t10-,12-,13-. The molecule has 0 unspecified atom stereocenters. The van der Waals surface area contributed by atoms with Crippen molar-refractivity contribution in [3.8, 4) is 0 Å². The van der Waals surface area contributed by atoms with Crippen LogP contribution in [0.2, 0.25) is 18.1 Å². The van der Waals surface area contributed by atoms with Gasteiger partial charge in [0.25, 0.3) is 0 Å². The highest BCUT2D eigenvalue weighted by molar-refractivity contribution is 6.74. The van der Waals surface area contributed by atoms with Crippen LogP contribution in [0.3, 0.4) is 0 Å². The molecule has 0 radical (unpaired) electrons. The normalized spacial score (nSPS) is 29.7. The van der Waals surface area contributed by atoms with Gasteiger partial charge >= 0.3 is 6.09 Å². The summed E-state index contributed by atoms with van der Waals surface area (Å²) >= 11 is 0. The van der Waals surface area contributed by atoms with Gasteiger partial charge in [-0.15, -0.1) is 0 Å². The topological polar surface area (TPSA) is 55.8 Å². The molecular formula is C17H33NO4Si. The zero-order valence-electron chi connectivity index (χ0n) is 19.5. The number of carbonyl (C=O) groups excluding carboxylic acids is 2. The molecule has 2 amide bonds. The number of amides is 2. The Morgan fingerprint density at radius 3 is 2.35 bits per heavy atom. The number of nitrogens with zero attached hydrogens (tertiary/aromatic N) is 1. The Labute approximate surface area is 147 Å². The maximum absolute atomic E-state index is 12.7. The highest BCUT2D eigenvalue weighted by Crippen LogP contribution is 2.37. The lowest BCUT2D eigenvalue weighted by molar-refractivity contribution is -0.131. The lowest BCUT2D eigenvalue weighted by atomic mass is 10.1. The van der Waals surface area contributed by atoms with Gasteiger partial charge in [-0.05, 0) is 45.3 Å². The summed E-state index contributed by atoms with van der Waals surface area (Å²) in [5, 5.41) is -0.104. The molecule has 3 atom stereocenters. The Morgan fingerprint density at radius 1 is 1.35 bits per heavy atom. The van der Waals surface area contributed by atoms with Gasteiger partial charge in [-0.25, -0.2) is 9.69 Å². The van der Waals surface area contributed by atoms with Gasteiger partial charge in [0, 0.05) is 11.4 Å². The van der Waals surface area contributed by atoms with E-state index in [2.05, 4.69) is 0 Å². The average molecular weight is 348 g/mol. The highest BCUT2D eigenvalue weighted by Gasteiger charge is 2.45. The molecule has 6 heteroatoms. The van der Waals surface area contributed by atoms with Crippen LogP contribution in [0, 0.1) is 5.92 Å². The second-order valence-electron chi connectivity index (χ2n) is 8.50. The first-order chi connectivity index (χ1) is 11.8. The Hall–Kier alpha value is -0.883. The van der Waals surface area contributed by atoms with E-state index in [0.29, 0.717) is 0 Å². The van der Waals surface area contributed by atoms with Crippen LogP contribution in [0.5, 0.6) is 0 Å². The first-order valence-electron chi connectivity index (χ1n) is 9.99. The number of hydrogen-bond donors (Lipinski definition) is 0. The van der Waals surface area contributed by atoms with Crippen LogP contribution < -0.4 is 0 Å². The maximum Gasteiger partial charge on any atom is 0.417 e. The van der Waals surface area contributed by atoms with Crippen molar-refractivity contribution >= 4 is 20.3 Å². The van der Waals surface area contributed by atoms with Crippen molar-refractivity contribution in [1.82, 2.24) is 4.90 Å². The minimum absolute atomic E-state index is 0.0672. The zero-order valence-corrected chi connectivity index (χ0v) is 16.5. The number of carbonyl (C=O) groups is 2. The molecule has 1 aliphatic rings. The van der Waals surface area contributed by atoms with E-state index in [0.717, 1.165) is 4.90 Å². The number of rotatable bonds is 3. The summed E-state index contributed by atoms with van der Waals surface area (Å²) in [6.07, 6.45) is -2.23. The molecule has 1 rings (SSSR count). The largest absolute Gasteiger partial charge is 0.443 e. The van der Waals surface area contributed by atoms with Gasteiger partial charge in [0.05, 0.1) is 12.6 Å². The second kappa shape index (κ2) is 6.55. The van der Waals surface area contributed by atoms with E-state index in [1.165, 1.54) is 0 Å². The molecule has 0 aromatic heterocycles. The van der Waals surface area contributed by atoms with Gasteiger partial charge in [-0.3, -0.25) is 4.79 Å². The molecule has 1 fully saturated rings. The minimum Gasteiger partial charge on any atom is -0.443 e. The van der Waals surface area contributed by atoms with Crippen LogP contribution in [-0.2, 0) is 14.0 Å². The van der Waals surface area contributed by atoms with Crippen molar-refractivity contribution in [2.45, 2.75) is 84.6 Å². The number of likely N-dealkylation sites (tertiary alicyclic amines) is 1. The monoisotopic (exact) mass is 347 g/mol. The molecule has 0 saturated carbocycles. The number of hydrogen-bond acceptors (Lipinski definition) is 4. The minimum atomic E-state index is -2.67. The Morgan fingerprint density at radius 2 is 1.91 bits per heavy atom. The van der Waals surface area contributed by atoms with Crippen molar-refractivity contribution in [1.29, 1.82) is 0 Å². The van der Waals surface area contributed by atoms with E-state index >= 15 is 0 Å². The Balaban J connectivity index is 3.18. The second-order valence-corrected chi connectivity index (χ2v) is 13.3. The molecule has 0 aromatic carbocycles. The smallest absolute Gasteiger partial charge is 0.417 e. The van der Waals surface area contributed by atoms with Crippen LogP contribution in [-0.4, -0.2) is 43.5 Å². The van der Waals surface area contributed by atoms with Crippen molar-refractivity contribution in [3.05, 3.63) is 0 Å². The molecule has 0 N–H and O–H groups in total. The summed E-state index contributed by atoms with van der Waals surface area (Å²) in [6.45, 7) is 12.4. The molecule has 134 valence electrons. The van der Waals surface area contributed by atoms with Gasteiger partial charge in [-0.1, -0.05) is 27.6 Å². The van der Waals surface area contributed by atoms with Crippen LogP contribution in [0.25, 0.3) is 0 Å². The first-order valence-corrected chi connectivity index (χ1v) is 10.8. The first kappa shape index (κ1) is 14.5. The van der Waals surface area contributed by atoms with Gasteiger partial charge in [0.15, 0.2) is 8.32 Å². The number of imide groups is 1. The third kappa shape index (κ3) is 5.04. The summed E-state index contributed by atoms with van der Waals surface area (Å²) in [6, 6.07) is -0.994. The molecule has 0 bridgehead atoms. The number of ether oxygens (including phenoxy) is 1. The van der Waals surface area contributed by atoms with Crippen LogP contribution in [0.4, 0.5) is 4.79 Å². The third-order valence-electron chi connectivity index (χ3n) is 4.26. The lowest BCUT2D eigenvalue weighted by Crippen LogP contribution is -2.48. The van der Waals surface area contributed by atoms with Crippen LogP contribution >= 0.6 is 0 Å². The maximum atomic E-state index is 12.7. The SMILES string of the molecule is [2H][C@@H]1[C@@H](CO[Si](C)(C)C(C)(C)C)N(C(=O)OC(C)(C)C)C(=O)[C@H]1[12C]([2H])([2H])[2H]. The summed E-state index contributed by atoms with van der Waals surface area (Å²) in [7, 11) is -2.22. The van der Waals surface area contributed by atoms with E-state index in [1.807, 2.05) is 33.9 Å². The quantitative estimate of drug-likeness (QED) is 0.719. The molecule has 0 aromatic rings. The van der Waals surface area contributed by atoms with E-state index in [9.17, 15) is 9.59 Å². The highest BCUT2D eigenvalue weighted by atomic mass is 28.4. The van der Waals surface area contributed by atoms with Crippen molar-refractivity contribution in [2.24, 2.45) is 5.92 Å². The molecule has 23 heavy (non-hydrogen) atoms. The van der Waals surface area contributed by atoms with Gasteiger partial charge in [0.1, 0.15) is 5.60 Å². The van der Waals surface area contributed by atoms with Gasteiger partial charge in [-0.2, -0.15) is 0 Å².